The fourth-order valence-corrected chi connectivity index (χ4v) is 3.82. The van der Waals surface area contributed by atoms with Crippen LogP contribution in [-0.2, 0) is 9.59 Å². The van der Waals surface area contributed by atoms with Crippen LogP contribution in [0, 0.1) is 11.8 Å². The molecule has 1 N–H and O–H groups in total. The zero-order valence-corrected chi connectivity index (χ0v) is 18.0. The van der Waals surface area contributed by atoms with Crippen LogP contribution >= 0.6 is 11.6 Å². The highest BCUT2D eigenvalue weighted by atomic mass is 35.5. The van der Waals surface area contributed by atoms with Gasteiger partial charge in [0.25, 0.3) is 0 Å². The molecule has 2 atom stereocenters. The molecule has 0 radical (unpaired) electrons. The van der Waals surface area contributed by atoms with Crippen molar-refractivity contribution >= 4 is 29.1 Å². The van der Waals surface area contributed by atoms with Crippen molar-refractivity contribution in [2.75, 3.05) is 18.6 Å². The van der Waals surface area contributed by atoms with Gasteiger partial charge in [-0.3, -0.25) is 9.59 Å². The molecule has 9 heteroatoms. The second kappa shape index (κ2) is 8.26. The molecule has 1 aliphatic heterocycles. The number of carbonyl (C=O) groups excluding carboxylic acids is 2. The van der Waals surface area contributed by atoms with Crippen molar-refractivity contribution in [3.05, 3.63) is 34.9 Å². The van der Waals surface area contributed by atoms with Crippen LogP contribution in [0.2, 0.25) is 5.02 Å². The fourth-order valence-electron chi connectivity index (χ4n) is 3.66. The first-order valence-corrected chi connectivity index (χ1v) is 10.5. The first-order chi connectivity index (χ1) is 14.4. The predicted octanol–water partition coefficient (Wildman–Crippen LogP) is 3.48. The van der Waals surface area contributed by atoms with E-state index in [1.54, 1.807) is 23.1 Å². The molecule has 2 aliphatic rings. The van der Waals surface area contributed by atoms with Crippen LogP contribution in [0.4, 0.5) is 5.69 Å². The van der Waals surface area contributed by atoms with E-state index in [2.05, 4.69) is 15.5 Å². The van der Waals surface area contributed by atoms with E-state index < -0.39 is 12.0 Å². The molecular weight excluding hydrogens is 408 g/mol. The number of hydrogen-bond acceptors (Lipinski definition) is 6. The van der Waals surface area contributed by atoms with E-state index in [0.29, 0.717) is 34.1 Å². The van der Waals surface area contributed by atoms with Gasteiger partial charge in [0.15, 0.2) is 5.82 Å². The van der Waals surface area contributed by atoms with Gasteiger partial charge in [-0.25, -0.2) is 0 Å². The zero-order valence-electron chi connectivity index (χ0n) is 17.2. The molecule has 8 nitrogen and oxygen atoms in total. The summed E-state index contributed by atoms with van der Waals surface area (Å²) in [4.78, 5) is 31.7. The Balaban J connectivity index is 1.48. The average molecular weight is 433 g/mol. The largest absolute Gasteiger partial charge is 0.495 e. The molecule has 1 saturated heterocycles. The highest BCUT2D eigenvalue weighted by Gasteiger charge is 2.38. The summed E-state index contributed by atoms with van der Waals surface area (Å²) in [6.07, 6.45) is 2.26. The summed E-state index contributed by atoms with van der Waals surface area (Å²) in [7, 11) is 1.53. The van der Waals surface area contributed by atoms with Crippen molar-refractivity contribution in [3.8, 4) is 5.75 Å². The van der Waals surface area contributed by atoms with Crippen LogP contribution in [0.25, 0.3) is 0 Å². The number of anilines is 1. The quantitative estimate of drug-likeness (QED) is 0.719. The molecule has 2 unspecified atom stereocenters. The van der Waals surface area contributed by atoms with E-state index in [-0.39, 0.29) is 30.7 Å². The third-order valence-corrected chi connectivity index (χ3v) is 5.79. The molecule has 160 valence electrons. The Hall–Kier alpha value is -2.61. The molecular formula is C21H25ClN4O4. The maximum absolute atomic E-state index is 13.0. The van der Waals surface area contributed by atoms with E-state index >= 15 is 0 Å². The second-order valence-electron chi connectivity index (χ2n) is 8.22. The summed E-state index contributed by atoms with van der Waals surface area (Å²) in [5, 5.41) is 7.55. The average Bonchev–Trinajstić information content (AvgIpc) is 3.32. The number of amides is 2. The minimum atomic E-state index is -0.492. The molecule has 1 saturated carbocycles. The van der Waals surface area contributed by atoms with Crippen molar-refractivity contribution in [2.24, 2.45) is 11.8 Å². The molecule has 2 heterocycles. The number of benzene rings is 1. The normalized spacial score (nSPS) is 20.0. The Morgan fingerprint density at radius 1 is 1.37 bits per heavy atom. The summed E-state index contributed by atoms with van der Waals surface area (Å²) in [5.74, 6) is 1.24. The Morgan fingerprint density at radius 3 is 2.80 bits per heavy atom. The minimum Gasteiger partial charge on any atom is -0.495 e. The molecule has 1 aliphatic carbocycles. The topological polar surface area (TPSA) is 97.6 Å². The summed E-state index contributed by atoms with van der Waals surface area (Å²) in [6, 6.07) is 4.68. The van der Waals surface area contributed by atoms with Crippen molar-refractivity contribution in [2.45, 2.75) is 45.1 Å². The Bertz CT molecular complexity index is 956. The first-order valence-electron chi connectivity index (χ1n) is 10.1. The summed E-state index contributed by atoms with van der Waals surface area (Å²) in [5.41, 5.74) is 0.566. The first kappa shape index (κ1) is 20.7. The number of rotatable bonds is 7. The molecule has 2 fully saturated rings. The van der Waals surface area contributed by atoms with Crippen LogP contribution < -0.4 is 15.0 Å². The molecule has 0 spiro atoms. The maximum atomic E-state index is 13.0. The summed E-state index contributed by atoms with van der Waals surface area (Å²) >= 11 is 6.10. The number of aromatic nitrogens is 2. The number of hydrogen-bond donors (Lipinski definition) is 1. The van der Waals surface area contributed by atoms with Crippen LogP contribution in [0.15, 0.2) is 22.7 Å². The van der Waals surface area contributed by atoms with E-state index in [4.69, 9.17) is 20.9 Å². The second-order valence-corrected chi connectivity index (χ2v) is 8.65. The Labute approximate surface area is 179 Å². The molecule has 2 aromatic rings. The molecule has 2 amide bonds. The Morgan fingerprint density at radius 2 is 2.13 bits per heavy atom. The van der Waals surface area contributed by atoms with Crippen molar-refractivity contribution < 1.29 is 18.8 Å². The molecule has 30 heavy (non-hydrogen) atoms. The zero-order chi connectivity index (χ0) is 21.4. The van der Waals surface area contributed by atoms with Crippen molar-refractivity contribution in [1.29, 1.82) is 0 Å². The van der Waals surface area contributed by atoms with Gasteiger partial charge in [0.1, 0.15) is 11.8 Å². The van der Waals surface area contributed by atoms with E-state index in [9.17, 15) is 9.59 Å². The number of nitrogens with zero attached hydrogens (tertiary/aromatic N) is 3. The maximum Gasteiger partial charge on any atom is 0.249 e. The molecule has 4 rings (SSSR count). The number of carbonyl (C=O) groups is 2. The third-order valence-electron chi connectivity index (χ3n) is 5.56. The van der Waals surface area contributed by atoms with Gasteiger partial charge in [0.2, 0.25) is 17.7 Å². The minimum absolute atomic E-state index is 0.0580. The van der Waals surface area contributed by atoms with E-state index in [1.165, 1.54) is 7.11 Å². The van der Waals surface area contributed by atoms with Crippen LogP contribution in [-0.4, -0.2) is 35.6 Å². The van der Waals surface area contributed by atoms with Crippen LogP contribution in [0.1, 0.15) is 56.8 Å². The van der Waals surface area contributed by atoms with E-state index in [0.717, 1.165) is 12.8 Å². The van der Waals surface area contributed by atoms with E-state index in [1.807, 2.05) is 13.8 Å². The number of halogens is 1. The standard InChI is InChI=1S/C21H25ClN4O4/c1-11(2)18(21-24-19(25-30-21)12-4-5-12)23-20(28)13-8-17(27)26(10-13)15-9-14(22)6-7-16(15)29-3/h6-7,9,11-13,18H,4-5,8,10H2,1-3H3,(H,23,28). The molecule has 1 aromatic heterocycles. The third kappa shape index (κ3) is 4.14. The van der Waals surface area contributed by atoms with Crippen molar-refractivity contribution in [3.63, 3.8) is 0 Å². The van der Waals surface area contributed by atoms with Gasteiger partial charge in [0.05, 0.1) is 18.7 Å². The van der Waals surface area contributed by atoms with Gasteiger partial charge in [-0.15, -0.1) is 0 Å². The summed E-state index contributed by atoms with van der Waals surface area (Å²) < 4.78 is 10.8. The lowest BCUT2D eigenvalue weighted by Crippen LogP contribution is -2.37. The number of nitrogens with one attached hydrogen (secondary N) is 1. The van der Waals surface area contributed by atoms with Crippen molar-refractivity contribution in [1.82, 2.24) is 15.5 Å². The van der Waals surface area contributed by atoms with Crippen LogP contribution in [0.5, 0.6) is 5.75 Å². The highest BCUT2D eigenvalue weighted by Crippen LogP contribution is 2.39. The lowest BCUT2D eigenvalue weighted by Gasteiger charge is -2.22. The van der Waals surface area contributed by atoms with Gasteiger partial charge in [0, 0.05) is 23.9 Å². The SMILES string of the molecule is COc1ccc(Cl)cc1N1CC(C(=O)NC(c2nc(C3CC3)no2)C(C)C)CC1=O. The monoisotopic (exact) mass is 432 g/mol. The van der Waals surface area contributed by atoms with Gasteiger partial charge in [-0.2, -0.15) is 4.98 Å². The molecule has 1 aromatic carbocycles. The van der Waals surface area contributed by atoms with Gasteiger partial charge >= 0.3 is 0 Å². The Kier molecular flexibility index (Phi) is 5.69. The number of ether oxygens (including phenoxy) is 1. The van der Waals surface area contributed by atoms with Crippen LogP contribution in [0.3, 0.4) is 0 Å². The predicted molar refractivity (Wildman–Crippen MR) is 110 cm³/mol. The fraction of sp³-hybridized carbons (Fsp3) is 0.524. The van der Waals surface area contributed by atoms with Gasteiger partial charge < -0.3 is 19.5 Å². The molecule has 0 bridgehead atoms. The highest BCUT2D eigenvalue weighted by molar-refractivity contribution is 6.31. The van der Waals surface area contributed by atoms with Gasteiger partial charge in [-0.1, -0.05) is 30.6 Å². The summed E-state index contributed by atoms with van der Waals surface area (Å²) in [6.45, 7) is 4.22. The lowest BCUT2D eigenvalue weighted by atomic mass is 10.0. The lowest BCUT2D eigenvalue weighted by molar-refractivity contribution is -0.127. The smallest absolute Gasteiger partial charge is 0.249 e. The van der Waals surface area contributed by atoms with Gasteiger partial charge in [-0.05, 0) is 37.0 Å². The number of methoxy groups -OCH3 is 1.